The molecule has 4 heteroatoms. The Morgan fingerprint density at radius 2 is 1.76 bits per heavy atom. The summed E-state index contributed by atoms with van der Waals surface area (Å²) in [5.74, 6) is 0. The predicted molar refractivity (Wildman–Crippen MR) is 89.4 cm³/mol. The van der Waals surface area contributed by atoms with Gasteiger partial charge in [-0.25, -0.2) is 8.42 Å². The van der Waals surface area contributed by atoms with Crippen LogP contribution >= 0.6 is 0 Å². The molecule has 21 heavy (non-hydrogen) atoms. The van der Waals surface area contributed by atoms with E-state index in [9.17, 15) is 8.42 Å². The molecule has 0 bridgehead atoms. The molecular weight excluding hydrogens is 282 g/mol. The number of rotatable bonds is 9. The highest BCUT2D eigenvalue weighted by atomic mass is 32.2. The predicted octanol–water partition coefficient (Wildman–Crippen LogP) is 3.72. The Morgan fingerprint density at radius 3 is 2.29 bits per heavy atom. The summed E-state index contributed by atoms with van der Waals surface area (Å²) in [6.45, 7) is 8.91. The summed E-state index contributed by atoms with van der Waals surface area (Å²) in [7, 11) is -3.30. The first-order chi connectivity index (χ1) is 9.98. The van der Waals surface area contributed by atoms with Crippen LogP contribution in [0.5, 0.6) is 0 Å². The van der Waals surface area contributed by atoms with Crippen LogP contribution < -0.4 is 5.32 Å². The smallest absolute Gasteiger partial charge is 0.183 e. The molecule has 0 fully saturated rings. The van der Waals surface area contributed by atoms with Crippen LogP contribution in [-0.4, -0.2) is 26.3 Å². The molecule has 1 aromatic rings. The Balaban J connectivity index is 3.13. The minimum atomic E-state index is -3.30. The lowest BCUT2D eigenvalue weighted by Crippen LogP contribution is -2.44. The maximum Gasteiger partial charge on any atom is 0.183 e. The molecule has 1 aromatic carbocycles. The summed E-state index contributed by atoms with van der Waals surface area (Å²) in [5.41, 5.74) is 0.835. The molecule has 0 amide bonds. The van der Waals surface area contributed by atoms with E-state index >= 15 is 0 Å². The Labute approximate surface area is 130 Å². The van der Waals surface area contributed by atoms with Crippen LogP contribution in [0.25, 0.3) is 0 Å². The van der Waals surface area contributed by atoms with Crippen LogP contribution in [0.1, 0.15) is 52.0 Å². The Kier molecular flexibility index (Phi) is 7.40. The van der Waals surface area contributed by atoms with Crippen LogP contribution in [-0.2, 0) is 9.84 Å². The zero-order valence-electron chi connectivity index (χ0n) is 13.7. The summed E-state index contributed by atoms with van der Waals surface area (Å²) in [6.07, 6.45) is 3.53. The van der Waals surface area contributed by atoms with Gasteiger partial charge in [0, 0.05) is 6.04 Å². The van der Waals surface area contributed by atoms with E-state index in [1.807, 2.05) is 26.0 Å². The van der Waals surface area contributed by atoms with Crippen LogP contribution in [0, 0.1) is 6.92 Å². The van der Waals surface area contributed by atoms with Crippen molar-refractivity contribution in [3.8, 4) is 0 Å². The van der Waals surface area contributed by atoms with E-state index in [-0.39, 0.29) is 11.3 Å². The van der Waals surface area contributed by atoms with Crippen LogP contribution in [0.3, 0.4) is 0 Å². The molecule has 2 atom stereocenters. The Hall–Kier alpha value is -0.870. The van der Waals surface area contributed by atoms with E-state index in [1.165, 1.54) is 0 Å². The molecule has 1 rings (SSSR count). The van der Waals surface area contributed by atoms with Crippen LogP contribution in [0.15, 0.2) is 29.2 Å². The standard InChI is InChI=1S/C17H29NO2S/c1-5-10-15(18-13-6-2)16(7-3)21(19,20)17-12-9-8-11-14(17)4/h8-9,11-12,15-16,18H,5-7,10,13H2,1-4H3. The van der Waals surface area contributed by atoms with Crippen molar-refractivity contribution in [3.63, 3.8) is 0 Å². The second-order valence-electron chi connectivity index (χ2n) is 5.61. The third-order valence-corrected chi connectivity index (χ3v) is 6.44. The van der Waals surface area contributed by atoms with E-state index in [2.05, 4.69) is 19.2 Å². The van der Waals surface area contributed by atoms with Gasteiger partial charge in [-0.3, -0.25) is 0 Å². The zero-order valence-corrected chi connectivity index (χ0v) is 14.5. The average Bonchev–Trinajstić information content (AvgIpc) is 2.45. The molecular formula is C17H29NO2S. The quantitative estimate of drug-likeness (QED) is 0.756. The summed E-state index contributed by atoms with van der Waals surface area (Å²) in [5, 5.41) is 3.08. The molecule has 0 aromatic heterocycles. The highest BCUT2D eigenvalue weighted by molar-refractivity contribution is 7.92. The van der Waals surface area contributed by atoms with Gasteiger partial charge in [0.2, 0.25) is 0 Å². The molecule has 0 aliphatic heterocycles. The molecule has 1 N–H and O–H groups in total. The molecule has 0 aliphatic carbocycles. The summed E-state index contributed by atoms with van der Waals surface area (Å²) >= 11 is 0. The normalized spacial score (nSPS) is 14.9. The Morgan fingerprint density at radius 1 is 1.10 bits per heavy atom. The monoisotopic (exact) mass is 311 g/mol. The van der Waals surface area contributed by atoms with Crippen molar-refractivity contribution in [2.24, 2.45) is 0 Å². The first-order valence-corrected chi connectivity index (χ1v) is 9.56. The molecule has 120 valence electrons. The van der Waals surface area contributed by atoms with E-state index < -0.39 is 9.84 Å². The fourth-order valence-corrected chi connectivity index (χ4v) is 5.03. The van der Waals surface area contributed by atoms with Gasteiger partial charge in [-0.15, -0.1) is 0 Å². The number of nitrogens with one attached hydrogen (secondary N) is 1. The number of hydrogen-bond donors (Lipinski definition) is 1. The van der Waals surface area contributed by atoms with E-state index in [1.54, 1.807) is 12.1 Å². The Bertz CT molecular complexity index is 525. The van der Waals surface area contributed by atoms with Gasteiger partial charge < -0.3 is 5.32 Å². The molecule has 0 aliphatic rings. The fourth-order valence-electron chi connectivity index (χ4n) is 2.82. The number of sulfone groups is 1. The fraction of sp³-hybridized carbons (Fsp3) is 0.647. The second kappa shape index (κ2) is 8.54. The minimum Gasteiger partial charge on any atom is -0.313 e. The first kappa shape index (κ1) is 18.2. The summed E-state index contributed by atoms with van der Waals surface area (Å²) < 4.78 is 26.0. The van der Waals surface area contributed by atoms with Gasteiger partial charge in [-0.05, 0) is 44.4 Å². The van der Waals surface area contributed by atoms with Crippen molar-refractivity contribution in [2.75, 3.05) is 6.54 Å². The third-order valence-electron chi connectivity index (χ3n) is 3.91. The van der Waals surface area contributed by atoms with Crippen molar-refractivity contribution in [2.45, 2.75) is 69.6 Å². The summed E-state index contributed by atoms with van der Waals surface area (Å²) in [4.78, 5) is 0.483. The number of aryl methyl sites for hydroxylation is 1. The molecule has 0 heterocycles. The SMILES string of the molecule is CCCNC(CCC)C(CC)S(=O)(=O)c1ccccc1C. The molecule has 0 spiro atoms. The minimum absolute atomic E-state index is 0.0320. The molecule has 0 saturated heterocycles. The van der Waals surface area contributed by atoms with Gasteiger partial charge in [0.15, 0.2) is 9.84 Å². The lowest BCUT2D eigenvalue weighted by Gasteiger charge is -2.27. The largest absolute Gasteiger partial charge is 0.313 e. The van der Waals surface area contributed by atoms with E-state index in [0.717, 1.165) is 31.4 Å². The molecule has 0 radical (unpaired) electrons. The summed E-state index contributed by atoms with van der Waals surface area (Å²) in [6, 6.07) is 7.32. The lowest BCUT2D eigenvalue weighted by atomic mass is 10.1. The van der Waals surface area contributed by atoms with Crippen molar-refractivity contribution >= 4 is 9.84 Å². The lowest BCUT2D eigenvalue weighted by molar-refractivity contribution is 0.436. The molecule has 3 nitrogen and oxygen atoms in total. The maximum absolute atomic E-state index is 13.0. The van der Waals surface area contributed by atoms with Gasteiger partial charge >= 0.3 is 0 Å². The molecule has 2 unspecified atom stereocenters. The van der Waals surface area contributed by atoms with Crippen LogP contribution in [0.4, 0.5) is 0 Å². The highest BCUT2D eigenvalue weighted by Crippen LogP contribution is 2.25. The van der Waals surface area contributed by atoms with Crippen molar-refractivity contribution in [1.82, 2.24) is 5.32 Å². The number of benzene rings is 1. The average molecular weight is 311 g/mol. The van der Waals surface area contributed by atoms with Crippen molar-refractivity contribution < 1.29 is 8.42 Å². The van der Waals surface area contributed by atoms with Gasteiger partial charge in [0.05, 0.1) is 10.1 Å². The number of hydrogen-bond acceptors (Lipinski definition) is 3. The van der Waals surface area contributed by atoms with Gasteiger partial charge in [0.1, 0.15) is 0 Å². The van der Waals surface area contributed by atoms with Crippen molar-refractivity contribution in [3.05, 3.63) is 29.8 Å². The van der Waals surface area contributed by atoms with E-state index in [0.29, 0.717) is 11.3 Å². The van der Waals surface area contributed by atoms with Crippen LogP contribution in [0.2, 0.25) is 0 Å². The zero-order chi connectivity index (χ0) is 15.9. The first-order valence-electron chi connectivity index (χ1n) is 8.01. The van der Waals surface area contributed by atoms with E-state index in [4.69, 9.17) is 0 Å². The third kappa shape index (κ3) is 4.55. The van der Waals surface area contributed by atoms with Gasteiger partial charge in [0.25, 0.3) is 0 Å². The second-order valence-corrected chi connectivity index (χ2v) is 7.74. The van der Waals surface area contributed by atoms with Gasteiger partial charge in [-0.2, -0.15) is 0 Å². The van der Waals surface area contributed by atoms with Gasteiger partial charge in [-0.1, -0.05) is 45.4 Å². The highest BCUT2D eigenvalue weighted by Gasteiger charge is 2.33. The maximum atomic E-state index is 13.0. The molecule has 0 saturated carbocycles. The van der Waals surface area contributed by atoms with Crippen molar-refractivity contribution in [1.29, 1.82) is 0 Å². The topological polar surface area (TPSA) is 46.2 Å².